The average Bonchev–Trinajstić information content (AvgIpc) is 3.09. The van der Waals surface area contributed by atoms with E-state index < -0.39 is 0 Å². The van der Waals surface area contributed by atoms with Crippen LogP contribution in [0.1, 0.15) is 22.1 Å². The molecule has 1 atom stereocenters. The molecule has 0 spiro atoms. The normalized spacial score (nSPS) is 19.4. The number of aromatic nitrogens is 3. The lowest BCUT2D eigenvalue weighted by atomic mass is 10.3. The quantitative estimate of drug-likeness (QED) is 0.847. The zero-order chi connectivity index (χ0) is 12.5. The fourth-order valence-corrected chi connectivity index (χ4v) is 3.15. The smallest absolute Gasteiger partial charge is 0.264 e. The molecule has 1 aliphatic heterocycles. The molecule has 0 aromatic carbocycles. The number of thiophene rings is 1. The van der Waals surface area contributed by atoms with Crippen molar-refractivity contribution in [3.05, 3.63) is 33.7 Å². The maximum Gasteiger partial charge on any atom is 0.264 e. The molecule has 2 aromatic rings. The minimum atomic E-state index is 0.0505. The van der Waals surface area contributed by atoms with Gasteiger partial charge in [0.05, 0.1) is 21.5 Å². The Morgan fingerprint density at radius 1 is 1.50 bits per heavy atom. The highest BCUT2D eigenvalue weighted by Gasteiger charge is 2.29. The maximum absolute atomic E-state index is 12.2. The average molecular weight is 283 g/mol. The molecule has 1 fully saturated rings. The lowest BCUT2D eigenvalue weighted by molar-refractivity contribution is 0.0791. The van der Waals surface area contributed by atoms with Crippen LogP contribution in [0.2, 0.25) is 4.34 Å². The molecule has 2 aromatic heterocycles. The van der Waals surface area contributed by atoms with Gasteiger partial charge in [-0.15, -0.1) is 16.4 Å². The summed E-state index contributed by atoms with van der Waals surface area (Å²) >= 11 is 7.17. The van der Waals surface area contributed by atoms with Gasteiger partial charge in [0.2, 0.25) is 0 Å². The Bertz CT molecular complexity index is 553. The second-order valence-corrected chi connectivity index (χ2v) is 5.90. The van der Waals surface area contributed by atoms with Gasteiger partial charge >= 0.3 is 0 Å². The molecular formula is C11H11ClN4OS. The molecule has 7 heteroatoms. The zero-order valence-corrected chi connectivity index (χ0v) is 11.1. The van der Waals surface area contributed by atoms with E-state index in [1.54, 1.807) is 18.3 Å². The van der Waals surface area contributed by atoms with Crippen LogP contribution >= 0.6 is 22.9 Å². The Morgan fingerprint density at radius 3 is 3.06 bits per heavy atom. The number of carbonyl (C=O) groups is 1. The summed E-state index contributed by atoms with van der Waals surface area (Å²) < 4.78 is 2.46. The van der Waals surface area contributed by atoms with Crippen molar-refractivity contribution in [1.82, 2.24) is 19.9 Å². The molecule has 3 heterocycles. The molecule has 0 N–H and O–H groups in total. The monoisotopic (exact) mass is 282 g/mol. The second kappa shape index (κ2) is 4.70. The summed E-state index contributed by atoms with van der Waals surface area (Å²) in [6, 6.07) is 3.76. The molecule has 0 bridgehead atoms. The number of hydrogen-bond donors (Lipinski definition) is 0. The summed E-state index contributed by atoms with van der Waals surface area (Å²) in [5.41, 5.74) is 0. The lowest BCUT2D eigenvalue weighted by Gasteiger charge is -2.15. The molecule has 3 rings (SSSR count). The van der Waals surface area contributed by atoms with Gasteiger partial charge in [-0.05, 0) is 18.6 Å². The molecule has 1 aliphatic rings. The van der Waals surface area contributed by atoms with Crippen molar-refractivity contribution >= 4 is 28.8 Å². The van der Waals surface area contributed by atoms with Crippen LogP contribution in [0.25, 0.3) is 0 Å². The molecule has 0 radical (unpaired) electrons. The summed E-state index contributed by atoms with van der Waals surface area (Å²) in [6.07, 6.45) is 4.40. The van der Waals surface area contributed by atoms with E-state index in [0.29, 0.717) is 15.8 Å². The molecule has 0 saturated carbocycles. The van der Waals surface area contributed by atoms with E-state index in [0.717, 1.165) is 13.0 Å². The number of likely N-dealkylation sites (tertiary alicyclic amines) is 1. The maximum atomic E-state index is 12.2. The van der Waals surface area contributed by atoms with Crippen molar-refractivity contribution in [2.24, 2.45) is 0 Å². The van der Waals surface area contributed by atoms with Crippen molar-refractivity contribution in [2.75, 3.05) is 13.1 Å². The number of halogens is 1. The molecule has 5 nitrogen and oxygen atoms in total. The van der Waals surface area contributed by atoms with Gasteiger partial charge in [0.25, 0.3) is 5.91 Å². The van der Waals surface area contributed by atoms with E-state index in [2.05, 4.69) is 10.3 Å². The molecule has 18 heavy (non-hydrogen) atoms. The second-order valence-electron chi connectivity index (χ2n) is 4.18. The Kier molecular flexibility index (Phi) is 3.05. The van der Waals surface area contributed by atoms with E-state index in [9.17, 15) is 4.79 Å². The minimum Gasteiger partial charge on any atom is -0.336 e. The number of amides is 1. The number of rotatable bonds is 2. The fourth-order valence-electron chi connectivity index (χ4n) is 2.14. The first-order chi connectivity index (χ1) is 8.74. The van der Waals surface area contributed by atoms with Crippen LogP contribution in [-0.2, 0) is 0 Å². The van der Waals surface area contributed by atoms with Gasteiger partial charge in [-0.2, -0.15) is 0 Å². The summed E-state index contributed by atoms with van der Waals surface area (Å²) in [6.45, 7) is 1.43. The highest BCUT2D eigenvalue weighted by molar-refractivity contribution is 7.17. The molecule has 1 saturated heterocycles. The number of hydrogen-bond acceptors (Lipinski definition) is 4. The third-order valence-electron chi connectivity index (χ3n) is 3.05. The topological polar surface area (TPSA) is 51.0 Å². The van der Waals surface area contributed by atoms with Crippen molar-refractivity contribution < 1.29 is 4.79 Å². The van der Waals surface area contributed by atoms with Gasteiger partial charge in [-0.3, -0.25) is 4.79 Å². The van der Waals surface area contributed by atoms with E-state index in [1.807, 2.05) is 15.8 Å². The number of carbonyl (C=O) groups excluding carboxylic acids is 1. The van der Waals surface area contributed by atoms with Crippen LogP contribution in [0.3, 0.4) is 0 Å². The first-order valence-corrected chi connectivity index (χ1v) is 6.84. The van der Waals surface area contributed by atoms with Crippen LogP contribution < -0.4 is 0 Å². The van der Waals surface area contributed by atoms with Crippen LogP contribution in [0.5, 0.6) is 0 Å². The first-order valence-electron chi connectivity index (χ1n) is 5.64. The Labute approximate surface area is 113 Å². The summed E-state index contributed by atoms with van der Waals surface area (Å²) in [4.78, 5) is 14.7. The highest BCUT2D eigenvalue weighted by Crippen LogP contribution is 2.26. The summed E-state index contributed by atoms with van der Waals surface area (Å²) in [7, 11) is 0. The van der Waals surface area contributed by atoms with E-state index in [4.69, 9.17) is 11.6 Å². The van der Waals surface area contributed by atoms with E-state index in [-0.39, 0.29) is 11.9 Å². The summed E-state index contributed by atoms with van der Waals surface area (Å²) in [5.74, 6) is 0.0505. The third-order valence-corrected chi connectivity index (χ3v) is 4.27. The highest BCUT2D eigenvalue weighted by atomic mass is 35.5. The molecule has 94 valence electrons. The largest absolute Gasteiger partial charge is 0.336 e. The van der Waals surface area contributed by atoms with Crippen LogP contribution in [0.15, 0.2) is 24.5 Å². The van der Waals surface area contributed by atoms with Gasteiger partial charge in [0, 0.05) is 19.3 Å². The predicted octanol–water partition coefficient (Wildman–Crippen LogP) is 2.08. The molecule has 0 aliphatic carbocycles. The van der Waals surface area contributed by atoms with Crippen molar-refractivity contribution in [3.63, 3.8) is 0 Å². The molecule has 1 amide bonds. The molecular weight excluding hydrogens is 272 g/mol. The lowest BCUT2D eigenvalue weighted by Crippen LogP contribution is -2.28. The Morgan fingerprint density at radius 2 is 2.39 bits per heavy atom. The van der Waals surface area contributed by atoms with Gasteiger partial charge < -0.3 is 4.90 Å². The van der Waals surface area contributed by atoms with Gasteiger partial charge in [-0.25, -0.2) is 4.68 Å². The van der Waals surface area contributed by atoms with Crippen LogP contribution in [0, 0.1) is 0 Å². The van der Waals surface area contributed by atoms with E-state index >= 15 is 0 Å². The Balaban J connectivity index is 1.70. The zero-order valence-electron chi connectivity index (χ0n) is 9.49. The van der Waals surface area contributed by atoms with Gasteiger partial charge in [0.15, 0.2) is 0 Å². The third kappa shape index (κ3) is 2.13. The standard InChI is InChI=1S/C11H11ClN4OS/c12-10-2-1-9(18-10)11(17)15-5-3-8(7-15)16-6-4-13-14-16/h1-2,4,6,8H,3,5,7H2/t8-/m0/s1. The predicted molar refractivity (Wildman–Crippen MR) is 68.9 cm³/mol. The molecule has 0 unspecified atom stereocenters. The minimum absolute atomic E-state index is 0.0505. The SMILES string of the molecule is O=C(c1ccc(Cl)s1)N1CC[C@H](n2ccnn2)C1. The first kappa shape index (κ1) is 11.7. The van der Waals surface area contributed by atoms with Crippen molar-refractivity contribution in [2.45, 2.75) is 12.5 Å². The van der Waals surface area contributed by atoms with E-state index in [1.165, 1.54) is 11.3 Å². The van der Waals surface area contributed by atoms with Crippen molar-refractivity contribution in [1.29, 1.82) is 0 Å². The Hall–Kier alpha value is -1.40. The van der Waals surface area contributed by atoms with Crippen LogP contribution in [-0.4, -0.2) is 38.9 Å². The number of nitrogens with zero attached hydrogens (tertiary/aromatic N) is 4. The summed E-state index contributed by atoms with van der Waals surface area (Å²) in [5, 5.41) is 7.77. The fraction of sp³-hybridized carbons (Fsp3) is 0.364. The van der Waals surface area contributed by atoms with Crippen molar-refractivity contribution in [3.8, 4) is 0 Å². The van der Waals surface area contributed by atoms with Crippen LogP contribution in [0.4, 0.5) is 0 Å². The van der Waals surface area contributed by atoms with Gasteiger partial charge in [0.1, 0.15) is 0 Å². The van der Waals surface area contributed by atoms with Gasteiger partial charge in [-0.1, -0.05) is 16.8 Å².